The Morgan fingerprint density at radius 3 is 2.67 bits per heavy atom. The minimum absolute atomic E-state index is 0.0436. The van der Waals surface area contributed by atoms with E-state index in [1.807, 2.05) is 0 Å². The van der Waals surface area contributed by atoms with E-state index in [0.29, 0.717) is 13.1 Å². The van der Waals surface area contributed by atoms with Crippen molar-refractivity contribution in [1.29, 1.82) is 0 Å². The van der Waals surface area contributed by atoms with Gasteiger partial charge < -0.3 is 15.7 Å². The third-order valence-corrected chi connectivity index (χ3v) is 2.30. The van der Waals surface area contributed by atoms with Gasteiger partial charge in [0.05, 0.1) is 12.1 Å². The number of nitrogens with one attached hydrogen (secondary N) is 2. The van der Waals surface area contributed by atoms with Gasteiger partial charge in [0.25, 0.3) is 0 Å². The lowest BCUT2D eigenvalue weighted by Gasteiger charge is -2.36. The lowest BCUT2D eigenvalue weighted by atomic mass is 9.80. The van der Waals surface area contributed by atoms with Gasteiger partial charge in [0.2, 0.25) is 5.91 Å². The third kappa shape index (κ3) is 2.46. The van der Waals surface area contributed by atoms with Gasteiger partial charge in [-0.1, -0.05) is 0 Å². The topological polar surface area (TPSA) is 61.4 Å². The monoisotopic (exact) mass is 172 g/mol. The molecule has 0 aromatic carbocycles. The van der Waals surface area contributed by atoms with Crippen molar-refractivity contribution in [3.63, 3.8) is 0 Å². The predicted molar refractivity (Wildman–Crippen MR) is 45.7 cm³/mol. The molecule has 1 aliphatic carbocycles. The SMILES string of the molecule is CNC(=O)CNCC1(O)CCC1. The molecule has 0 aromatic rings. The number of aliphatic hydroxyl groups is 1. The maximum atomic E-state index is 10.7. The molecule has 0 unspecified atom stereocenters. The third-order valence-electron chi connectivity index (χ3n) is 2.30. The second-order valence-electron chi connectivity index (χ2n) is 3.35. The van der Waals surface area contributed by atoms with E-state index in [2.05, 4.69) is 10.6 Å². The number of rotatable bonds is 4. The highest BCUT2D eigenvalue weighted by molar-refractivity contribution is 5.77. The van der Waals surface area contributed by atoms with E-state index < -0.39 is 5.60 Å². The summed E-state index contributed by atoms with van der Waals surface area (Å²) >= 11 is 0. The van der Waals surface area contributed by atoms with Gasteiger partial charge >= 0.3 is 0 Å². The van der Waals surface area contributed by atoms with Crippen LogP contribution in [0.4, 0.5) is 0 Å². The van der Waals surface area contributed by atoms with Gasteiger partial charge in [-0.15, -0.1) is 0 Å². The van der Waals surface area contributed by atoms with Crippen molar-refractivity contribution in [3.05, 3.63) is 0 Å². The Bertz CT molecular complexity index is 166. The number of amides is 1. The lowest BCUT2D eigenvalue weighted by molar-refractivity contribution is -0.120. The molecule has 0 heterocycles. The van der Waals surface area contributed by atoms with Gasteiger partial charge in [-0.3, -0.25) is 4.79 Å². The summed E-state index contributed by atoms with van der Waals surface area (Å²) in [5.74, 6) is -0.0436. The first-order valence-corrected chi connectivity index (χ1v) is 4.30. The second kappa shape index (κ2) is 3.87. The number of hydrogen-bond acceptors (Lipinski definition) is 3. The van der Waals surface area contributed by atoms with Crippen LogP contribution in [0.1, 0.15) is 19.3 Å². The van der Waals surface area contributed by atoms with Gasteiger partial charge in [-0.2, -0.15) is 0 Å². The van der Waals surface area contributed by atoms with Crippen LogP contribution in [0.5, 0.6) is 0 Å². The highest BCUT2D eigenvalue weighted by atomic mass is 16.3. The van der Waals surface area contributed by atoms with Crippen molar-refractivity contribution in [3.8, 4) is 0 Å². The van der Waals surface area contributed by atoms with E-state index in [0.717, 1.165) is 19.3 Å². The summed E-state index contributed by atoms with van der Waals surface area (Å²) in [5, 5.41) is 15.0. The zero-order valence-electron chi connectivity index (χ0n) is 7.39. The zero-order chi connectivity index (χ0) is 9.03. The quantitative estimate of drug-likeness (QED) is 0.522. The Morgan fingerprint density at radius 1 is 1.58 bits per heavy atom. The van der Waals surface area contributed by atoms with Crippen LogP contribution < -0.4 is 10.6 Å². The van der Waals surface area contributed by atoms with Crippen LogP contribution >= 0.6 is 0 Å². The van der Waals surface area contributed by atoms with Crippen LogP contribution in [0.2, 0.25) is 0 Å². The Labute approximate surface area is 72.3 Å². The van der Waals surface area contributed by atoms with E-state index in [4.69, 9.17) is 0 Å². The minimum atomic E-state index is -0.534. The van der Waals surface area contributed by atoms with Crippen LogP contribution in [0.15, 0.2) is 0 Å². The molecule has 70 valence electrons. The second-order valence-corrected chi connectivity index (χ2v) is 3.35. The largest absolute Gasteiger partial charge is 0.389 e. The number of carbonyl (C=O) groups is 1. The molecule has 1 saturated carbocycles. The Balaban J connectivity index is 2.05. The molecule has 0 saturated heterocycles. The molecule has 1 fully saturated rings. The highest BCUT2D eigenvalue weighted by Gasteiger charge is 2.33. The van der Waals surface area contributed by atoms with E-state index in [1.165, 1.54) is 0 Å². The van der Waals surface area contributed by atoms with E-state index in [1.54, 1.807) is 7.05 Å². The Hall–Kier alpha value is -0.610. The molecule has 0 spiro atoms. The zero-order valence-corrected chi connectivity index (χ0v) is 7.39. The normalized spacial score (nSPS) is 19.8. The number of carbonyl (C=O) groups excluding carboxylic acids is 1. The van der Waals surface area contributed by atoms with Crippen molar-refractivity contribution in [2.75, 3.05) is 20.1 Å². The van der Waals surface area contributed by atoms with Crippen molar-refractivity contribution in [2.45, 2.75) is 24.9 Å². The fourth-order valence-corrected chi connectivity index (χ4v) is 1.26. The van der Waals surface area contributed by atoms with E-state index >= 15 is 0 Å². The molecule has 12 heavy (non-hydrogen) atoms. The van der Waals surface area contributed by atoms with Gasteiger partial charge in [-0.25, -0.2) is 0 Å². The summed E-state index contributed by atoms with van der Waals surface area (Å²) in [6, 6.07) is 0. The molecule has 1 rings (SSSR count). The molecule has 0 radical (unpaired) electrons. The first-order valence-electron chi connectivity index (χ1n) is 4.30. The van der Waals surface area contributed by atoms with Gasteiger partial charge in [0.1, 0.15) is 0 Å². The Morgan fingerprint density at radius 2 is 2.25 bits per heavy atom. The van der Waals surface area contributed by atoms with E-state index in [-0.39, 0.29) is 5.91 Å². The van der Waals surface area contributed by atoms with Crippen LogP contribution in [0.25, 0.3) is 0 Å². The van der Waals surface area contributed by atoms with Crippen molar-refractivity contribution in [2.24, 2.45) is 0 Å². The standard InChI is InChI=1S/C8H16N2O2/c1-9-7(11)5-10-6-8(12)3-2-4-8/h10,12H,2-6H2,1H3,(H,9,11). The summed E-state index contributed by atoms with van der Waals surface area (Å²) in [7, 11) is 1.60. The minimum Gasteiger partial charge on any atom is -0.389 e. The van der Waals surface area contributed by atoms with Gasteiger partial charge in [0, 0.05) is 13.6 Å². The van der Waals surface area contributed by atoms with Crippen LogP contribution in [-0.4, -0.2) is 36.8 Å². The van der Waals surface area contributed by atoms with Crippen molar-refractivity contribution >= 4 is 5.91 Å². The summed E-state index contributed by atoms with van der Waals surface area (Å²) < 4.78 is 0. The molecule has 1 aliphatic rings. The van der Waals surface area contributed by atoms with E-state index in [9.17, 15) is 9.90 Å². The summed E-state index contributed by atoms with van der Waals surface area (Å²) in [5.41, 5.74) is -0.534. The summed E-state index contributed by atoms with van der Waals surface area (Å²) in [6.07, 6.45) is 2.81. The lowest BCUT2D eigenvalue weighted by Crippen LogP contribution is -2.48. The molecular formula is C8H16N2O2. The smallest absolute Gasteiger partial charge is 0.233 e. The molecular weight excluding hydrogens is 156 g/mol. The van der Waals surface area contributed by atoms with Crippen LogP contribution in [0, 0.1) is 0 Å². The van der Waals surface area contributed by atoms with Crippen LogP contribution in [0.3, 0.4) is 0 Å². The maximum Gasteiger partial charge on any atom is 0.233 e. The molecule has 0 aromatic heterocycles. The van der Waals surface area contributed by atoms with Crippen LogP contribution in [-0.2, 0) is 4.79 Å². The molecule has 3 N–H and O–H groups in total. The molecule has 0 bridgehead atoms. The van der Waals surface area contributed by atoms with Gasteiger partial charge in [-0.05, 0) is 19.3 Å². The number of likely N-dealkylation sites (N-methyl/N-ethyl adjacent to an activating group) is 1. The average Bonchev–Trinajstić information content (AvgIpc) is 2.01. The predicted octanol–water partition coefficient (Wildman–Crippen LogP) is -0.763. The highest BCUT2D eigenvalue weighted by Crippen LogP contribution is 2.30. The molecule has 4 heteroatoms. The molecule has 0 atom stereocenters. The first-order chi connectivity index (χ1) is 5.66. The maximum absolute atomic E-state index is 10.7. The van der Waals surface area contributed by atoms with Crippen molar-refractivity contribution in [1.82, 2.24) is 10.6 Å². The first kappa shape index (κ1) is 9.48. The summed E-state index contributed by atoms with van der Waals surface area (Å²) in [6.45, 7) is 0.819. The number of hydrogen-bond donors (Lipinski definition) is 3. The fourth-order valence-electron chi connectivity index (χ4n) is 1.26. The average molecular weight is 172 g/mol. The fraction of sp³-hybridized carbons (Fsp3) is 0.875. The molecule has 4 nitrogen and oxygen atoms in total. The van der Waals surface area contributed by atoms with Gasteiger partial charge in [0.15, 0.2) is 0 Å². The summed E-state index contributed by atoms with van der Waals surface area (Å²) in [4.78, 5) is 10.7. The Kier molecular flexibility index (Phi) is 3.05. The molecule has 0 aliphatic heterocycles. The molecule has 1 amide bonds. The van der Waals surface area contributed by atoms with Crippen molar-refractivity contribution < 1.29 is 9.90 Å².